The molecule has 0 bridgehead atoms. The zero-order chi connectivity index (χ0) is 10.2. The number of halogens is 2. The SMILES string of the molecule is NCC(F)(c1ccc(F)cc1)C1CC1. The molecular formula is C11H13F2N. The summed E-state index contributed by atoms with van der Waals surface area (Å²) in [5.41, 5.74) is 4.50. The lowest BCUT2D eigenvalue weighted by Gasteiger charge is -2.23. The van der Waals surface area contributed by atoms with Crippen LogP contribution in [-0.4, -0.2) is 6.54 Å². The minimum Gasteiger partial charge on any atom is -0.327 e. The number of hydrogen-bond acceptors (Lipinski definition) is 1. The van der Waals surface area contributed by atoms with Crippen molar-refractivity contribution < 1.29 is 8.78 Å². The maximum absolute atomic E-state index is 14.3. The number of nitrogens with two attached hydrogens (primary N) is 1. The van der Waals surface area contributed by atoms with Crippen molar-refractivity contribution in [1.29, 1.82) is 0 Å². The van der Waals surface area contributed by atoms with E-state index >= 15 is 0 Å². The van der Waals surface area contributed by atoms with E-state index in [2.05, 4.69) is 0 Å². The third-order valence-electron chi connectivity index (χ3n) is 2.85. The molecule has 0 amide bonds. The Balaban J connectivity index is 2.31. The highest BCUT2D eigenvalue weighted by Gasteiger charge is 2.46. The summed E-state index contributed by atoms with van der Waals surface area (Å²) in [6.07, 6.45) is 1.76. The Bertz CT molecular complexity index is 319. The van der Waals surface area contributed by atoms with Gasteiger partial charge in [0.05, 0.1) is 0 Å². The quantitative estimate of drug-likeness (QED) is 0.790. The van der Waals surface area contributed by atoms with Gasteiger partial charge in [-0.25, -0.2) is 8.78 Å². The van der Waals surface area contributed by atoms with Crippen molar-refractivity contribution in [3.05, 3.63) is 35.6 Å². The number of hydrogen-bond donors (Lipinski definition) is 1. The smallest absolute Gasteiger partial charge is 0.150 e. The van der Waals surface area contributed by atoms with Gasteiger partial charge >= 0.3 is 0 Å². The molecule has 3 heteroatoms. The summed E-state index contributed by atoms with van der Waals surface area (Å²) in [4.78, 5) is 0. The van der Waals surface area contributed by atoms with E-state index in [1.54, 1.807) is 0 Å². The van der Waals surface area contributed by atoms with Crippen LogP contribution in [0.1, 0.15) is 18.4 Å². The summed E-state index contributed by atoms with van der Waals surface area (Å²) in [7, 11) is 0. The third-order valence-corrected chi connectivity index (χ3v) is 2.85. The fourth-order valence-corrected chi connectivity index (χ4v) is 1.79. The average Bonchev–Trinajstić information content (AvgIpc) is 3.01. The minimum absolute atomic E-state index is 0.0245. The van der Waals surface area contributed by atoms with Gasteiger partial charge in [0.1, 0.15) is 5.82 Å². The molecule has 1 aromatic carbocycles. The van der Waals surface area contributed by atoms with Crippen LogP contribution < -0.4 is 5.73 Å². The van der Waals surface area contributed by atoms with Gasteiger partial charge < -0.3 is 5.73 Å². The van der Waals surface area contributed by atoms with Crippen LogP contribution in [0, 0.1) is 11.7 Å². The van der Waals surface area contributed by atoms with Crippen molar-refractivity contribution in [3.63, 3.8) is 0 Å². The second kappa shape index (κ2) is 3.31. The van der Waals surface area contributed by atoms with Crippen molar-refractivity contribution in [2.45, 2.75) is 18.5 Å². The highest BCUT2D eigenvalue weighted by Crippen LogP contribution is 2.47. The molecule has 2 rings (SSSR count). The Morgan fingerprint density at radius 2 is 1.86 bits per heavy atom. The highest BCUT2D eigenvalue weighted by molar-refractivity contribution is 5.26. The second-order valence-electron chi connectivity index (χ2n) is 3.85. The molecule has 1 fully saturated rings. The Morgan fingerprint density at radius 1 is 1.29 bits per heavy atom. The summed E-state index contributed by atoms with van der Waals surface area (Å²) < 4.78 is 27.0. The summed E-state index contributed by atoms with van der Waals surface area (Å²) in [6.45, 7) is -0.0245. The van der Waals surface area contributed by atoms with Gasteiger partial charge in [0, 0.05) is 6.54 Å². The van der Waals surface area contributed by atoms with Crippen LogP contribution in [0.15, 0.2) is 24.3 Å². The Hall–Kier alpha value is -0.960. The predicted molar refractivity (Wildman–Crippen MR) is 51.0 cm³/mol. The standard InChI is InChI=1S/C11H13F2N/c12-10-5-3-9(4-6-10)11(13,7-14)8-1-2-8/h3-6,8H,1-2,7,14H2. The van der Waals surface area contributed by atoms with Gasteiger partial charge in [-0.3, -0.25) is 0 Å². The van der Waals surface area contributed by atoms with E-state index in [9.17, 15) is 8.78 Å². The van der Waals surface area contributed by atoms with Crippen LogP contribution in [0.25, 0.3) is 0 Å². The number of rotatable bonds is 3. The fourth-order valence-electron chi connectivity index (χ4n) is 1.79. The van der Waals surface area contributed by atoms with Gasteiger partial charge in [-0.1, -0.05) is 12.1 Å². The molecule has 1 atom stereocenters. The molecule has 0 aliphatic heterocycles. The fraction of sp³-hybridized carbons (Fsp3) is 0.455. The Labute approximate surface area is 81.9 Å². The van der Waals surface area contributed by atoms with Crippen LogP contribution in [0.3, 0.4) is 0 Å². The Kier molecular flexibility index (Phi) is 2.27. The van der Waals surface area contributed by atoms with E-state index in [0.717, 1.165) is 12.8 Å². The molecule has 0 heterocycles. The average molecular weight is 197 g/mol. The highest BCUT2D eigenvalue weighted by atomic mass is 19.1. The first kappa shape index (κ1) is 9.59. The maximum Gasteiger partial charge on any atom is 0.150 e. The van der Waals surface area contributed by atoms with Crippen LogP contribution in [0.5, 0.6) is 0 Å². The van der Waals surface area contributed by atoms with Crippen molar-refractivity contribution in [3.8, 4) is 0 Å². The van der Waals surface area contributed by atoms with E-state index in [-0.39, 0.29) is 18.3 Å². The van der Waals surface area contributed by atoms with E-state index in [1.165, 1.54) is 24.3 Å². The molecule has 1 nitrogen and oxygen atoms in total. The molecule has 1 saturated carbocycles. The lowest BCUT2D eigenvalue weighted by Crippen LogP contribution is -2.32. The van der Waals surface area contributed by atoms with E-state index in [1.807, 2.05) is 0 Å². The molecule has 76 valence electrons. The molecule has 1 aliphatic rings. The summed E-state index contributed by atoms with van der Waals surface area (Å²) in [5, 5.41) is 0. The number of benzene rings is 1. The van der Waals surface area contributed by atoms with Crippen molar-refractivity contribution in [2.75, 3.05) is 6.54 Å². The molecule has 1 unspecified atom stereocenters. The van der Waals surface area contributed by atoms with Crippen LogP contribution in [0.2, 0.25) is 0 Å². The Morgan fingerprint density at radius 3 is 2.29 bits per heavy atom. The maximum atomic E-state index is 14.3. The largest absolute Gasteiger partial charge is 0.327 e. The minimum atomic E-state index is -1.45. The lowest BCUT2D eigenvalue weighted by atomic mass is 9.91. The van der Waals surface area contributed by atoms with Crippen molar-refractivity contribution >= 4 is 0 Å². The first-order chi connectivity index (χ1) is 6.66. The third kappa shape index (κ3) is 1.52. The summed E-state index contributed by atoms with van der Waals surface area (Å²) in [6, 6.07) is 5.53. The van der Waals surface area contributed by atoms with Gasteiger partial charge in [0.15, 0.2) is 5.67 Å². The van der Waals surface area contributed by atoms with E-state index in [4.69, 9.17) is 5.73 Å². The molecular weight excluding hydrogens is 184 g/mol. The monoisotopic (exact) mass is 197 g/mol. The molecule has 2 N–H and O–H groups in total. The van der Waals surface area contributed by atoms with Crippen LogP contribution in [-0.2, 0) is 5.67 Å². The second-order valence-corrected chi connectivity index (χ2v) is 3.85. The molecule has 1 aliphatic carbocycles. The van der Waals surface area contributed by atoms with Crippen molar-refractivity contribution in [2.24, 2.45) is 11.7 Å². The first-order valence-electron chi connectivity index (χ1n) is 4.82. The van der Waals surface area contributed by atoms with Gasteiger partial charge in [0.25, 0.3) is 0 Å². The van der Waals surface area contributed by atoms with Crippen molar-refractivity contribution in [1.82, 2.24) is 0 Å². The molecule has 1 aromatic rings. The van der Waals surface area contributed by atoms with Gasteiger partial charge in [-0.15, -0.1) is 0 Å². The summed E-state index contributed by atoms with van der Waals surface area (Å²) >= 11 is 0. The van der Waals surface area contributed by atoms with Crippen LogP contribution >= 0.6 is 0 Å². The molecule has 0 spiro atoms. The topological polar surface area (TPSA) is 26.0 Å². The molecule has 0 radical (unpaired) electrons. The zero-order valence-corrected chi connectivity index (χ0v) is 7.84. The zero-order valence-electron chi connectivity index (χ0n) is 7.84. The number of alkyl halides is 1. The molecule has 0 saturated heterocycles. The normalized spacial score (nSPS) is 20.5. The predicted octanol–water partition coefficient (Wildman–Crippen LogP) is 2.36. The van der Waals surface area contributed by atoms with Gasteiger partial charge in [-0.2, -0.15) is 0 Å². The first-order valence-corrected chi connectivity index (χ1v) is 4.82. The van der Waals surface area contributed by atoms with Gasteiger partial charge in [-0.05, 0) is 36.5 Å². The van der Waals surface area contributed by atoms with E-state index in [0.29, 0.717) is 5.56 Å². The van der Waals surface area contributed by atoms with Crippen LogP contribution in [0.4, 0.5) is 8.78 Å². The molecule has 14 heavy (non-hydrogen) atoms. The molecule has 0 aromatic heterocycles. The van der Waals surface area contributed by atoms with Gasteiger partial charge in [0.2, 0.25) is 0 Å². The van der Waals surface area contributed by atoms with E-state index < -0.39 is 5.67 Å². The summed E-state index contributed by atoms with van der Waals surface area (Å²) in [5.74, 6) is -0.318. The lowest BCUT2D eigenvalue weighted by molar-refractivity contribution is 0.143.